The third-order valence-corrected chi connectivity index (χ3v) is 4.58. The molecule has 0 atom stereocenters. The van der Waals surface area contributed by atoms with E-state index in [0.29, 0.717) is 5.92 Å². The predicted molar refractivity (Wildman–Crippen MR) is 84.3 cm³/mol. The number of carbonyl (C=O) groups excluding carboxylic acids is 2. The van der Waals surface area contributed by atoms with Gasteiger partial charge in [0, 0.05) is 18.1 Å². The molecule has 0 heterocycles. The highest BCUT2D eigenvalue weighted by Crippen LogP contribution is 2.44. The molecule has 1 N–H and O–H groups in total. The Bertz CT molecular complexity index is 545. The number of nitrogens with one attached hydrogen (secondary N) is 1. The lowest BCUT2D eigenvalue weighted by Crippen LogP contribution is -2.33. The van der Waals surface area contributed by atoms with Gasteiger partial charge in [0.1, 0.15) is 0 Å². The number of amides is 1. The van der Waals surface area contributed by atoms with Gasteiger partial charge in [0.25, 0.3) is 0 Å². The second kappa shape index (κ2) is 6.95. The molecule has 0 radical (unpaired) electrons. The number of hydrogen-bond donors (Lipinski definition) is 1. The maximum Gasteiger partial charge on any atom is 0.224 e. The standard InChI is InChI=1S/C18H25NO3/c1-13(2)14-7-3-4-8-15(14)19-16(20)11-18(12-17(21)22)9-5-6-10-18/h3-4,7-8,13H,5-6,9-12H2,1-2H3,(H,19,20)(H,21,22)/p-1. The van der Waals surface area contributed by atoms with E-state index in [1.54, 1.807) is 0 Å². The van der Waals surface area contributed by atoms with Crippen LogP contribution in [0.5, 0.6) is 0 Å². The Kier molecular flexibility index (Phi) is 5.22. The Morgan fingerprint density at radius 3 is 2.41 bits per heavy atom. The summed E-state index contributed by atoms with van der Waals surface area (Å²) in [5.41, 5.74) is 1.50. The van der Waals surface area contributed by atoms with E-state index in [-0.39, 0.29) is 18.7 Å². The quantitative estimate of drug-likeness (QED) is 0.878. The molecule has 0 saturated heterocycles. The van der Waals surface area contributed by atoms with Crippen molar-refractivity contribution in [1.29, 1.82) is 0 Å². The summed E-state index contributed by atoms with van der Waals surface area (Å²) in [5, 5.41) is 14.0. The minimum atomic E-state index is -1.06. The number of carboxylic acid groups (broad SMARTS) is 1. The van der Waals surface area contributed by atoms with Crippen LogP contribution in [0.15, 0.2) is 24.3 Å². The smallest absolute Gasteiger partial charge is 0.224 e. The predicted octanol–water partition coefficient (Wildman–Crippen LogP) is 2.84. The molecule has 1 amide bonds. The maximum atomic E-state index is 12.4. The second-order valence-electron chi connectivity index (χ2n) is 6.72. The summed E-state index contributed by atoms with van der Waals surface area (Å²) < 4.78 is 0. The van der Waals surface area contributed by atoms with Crippen LogP contribution in [0.1, 0.15) is 63.9 Å². The van der Waals surface area contributed by atoms with Gasteiger partial charge in [0.05, 0.1) is 0 Å². The molecule has 4 nitrogen and oxygen atoms in total. The maximum absolute atomic E-state index is 12.4. The van der Waals surface area contributed by atoms with E-state index in [9.17, 15) is 14.7 Å². The van der Waals surface area contributed by atoms with Gasteiger partial charge < -0.3 is 15.2 Å². The number of hydrogen-bond acceptors (Lipinski definition) is 3. The van der Waals surface area contributed by atoms with E-state index in [2.05, 4.69) is 19.2 Å². The minimum absolute atomic E-state index is 0.0216. The molecule has 0 aliphatic heterocycles. The van der Waals surface area contributed by atoms with Crippen LogP contribution in [0.2, 0.25) is 0 Å². The van der Waals surface area contributed by atoms with Crippen molar-refractivity contribution in [3.05, 3.63) is 29.8 Å². The third kappa shape index (κ3) is 4.09. The van der Waals surface area contributed by atoms with Crippen LogP contribution < -0.4 is 10.4 Å². The zero-order valence-corrected chi connectivity index (χ0v) is 13.4. The van der Waals surface area contributed by atoms with Crippen molar-refractivity contribution in [1.82, 2.24) is 0 Å². The number of benzene rings is 1. The Labute approximate surface area is 131 Å². The summed E-state index contributed by atoms with van der Waals surface area (Å²) in [6.45, 7) is 4.17. The number of aliphatic carboxylic acids is 1. The molecular formula is C18H24NO3-. The van der Waals surface area contributed by atoms with Crippen LogP contribution in [-0.4, -0.2) is 11.9 Å². The molecule has 4 heteroatoms. The summed E-state index contributed by atoms with van der Waals surface area (Å²) in [4.78, 5) is 23.4. The molecule has 0 bridgehead atoms. The number of carboxylic acids is 1. The van der Waals surface area contributed by atoms with Gasteiger partial charge in [-0.1, -0.05) is 44.9 Å². The Morgan fingerprint density at radius 2 is 1.82 bits per heavy atom. The van der Waals surface area contributed by atoms with Gasteiger partial charge >= 0.3 is 0 Å². The highest BCUT2D eigenvalue weighted by molar-refractivity contribution is 5.92. The van der Waals surface area contributed by atoms with Crippen LogP contribution in [0.3, 0.4) is 0 Å². The summed E-state index contributed by atoms with van der Waals surface area (Å²) in [5.74, 6) is -0.839. The summed E-state index contributed by atoms with van der Waals surface area (Å²) in [6.07, 6.45) is 3.80. The molecule has 1 fully saturated rings. The first-order chi connectivity index (χ1) is 10.4. The molecule has 1 aliphatic rings. The molecule has 120 valence electrons. The fourth-order valence-corrected chi connectivity index (χ4v) is 3.50. The molecule has 0 spiro atoms. The van der Waals surface area contributed by atoms with Gasteiger partial charge in [0.2, 0.25) is 5.91 Å². The number of para-hydroxylation sites is 1. The lowest BCUT2D eigenvalue weighted by Gasteiger charge is -2.29. The van der Waals surface area contributed by atoms with Gasteiger partial charge in [-0.15, -0.1) is 0 Å². The van der Waals surface area contributed by atoms with Crippen molar-refractivity contribution >= 4 is 17.6 Å². The molecule has 1 aliphatic carbocycles. The second-order valence-corrected chi connectivity index (χ2v) is 6.72. The number of carbonyl (C=O) groups is 2. The van der Waals surface area contributed by atoms with E-state index in [1.807, 2.05) is 24.3 Å². The van der Waals surface area contributed by atoms with Crippen molar-refractivity contribution in [2.24, 2.45) is 5.41 Å². The molecule has 2 rings (SSSR count). The van der Waals surface area contributed by atoms with Crippen molar-refractivity contribution in [3.8, 4) is 0 Å². The Morgan fingerprint density at radius 1 is 1.18 bits per heavy atom. The highest BCUT2D eigenvalue weighted by Gasteiger charge is 2.36. The number of anilines is 1. The lowest BCUT2D eigenvalue weighted by molar-refractivity contribution is -0.308. The molecule has 1 aromatic carbocycles. The summed E-state index contributed by atoms with van der Waals surface area (Å²) in [6, 6.07) is 7.76. The van der Waals surface area contributed by atoms with Crippen molar-refractivity contribution in [2.75, 3.05) is 5.32 Å². The van der Waals surface area contributed by atoms with Crippen LogP contribution in [0.4, 0.5) is 5.69 Å². The van der Waals surface area contributed by atoms with E-state index in [1.165, 1.54) is 0 Å². The monoisotopic (exact) mass is 302 g/mol. The zero-order valence-electron chi connectivity index (χ0n) is 13.4. The van der Waals surface area contributed by atoms with Crippen LogP contribution in [-0.2, 0) is 9.59 Å². The zero-order chi connectivity index (χ0) is 16.2. The van der Waals surface area contributed by atoms with E-state index < -0.39 is 11.4 Å². The first-order valence-electron chi connectivity index (χ1n) is 8.00. The first-order valence-corrected chi connectivity index (χ1v) is 8.00. The highest BCUT2D eigenvalue weighted by atomic mass is 16.4. The topological polar surface area (TPSA) is 69.2 Å². The van der Waals surface area contributed by atoms with E-state index in [0.717, 1.165) is 36.9 Å². The van der Waals surface area contributed by atoms with Gasteiger partial charge in [0.15, 0.2) is 0 Å². The third-order valence-electron chi connectivity index (χ3n) is 4.58. The number of rotatable bonds is 6. The van der Waals surface area contributed by atoms with Gasteiger partial charge in [-0.05, 0) is 42.2 Å². The fraction of sp³-hybridized carbons (Fsp3) is 0.556. The normalized spacial score (nSPS) is 16.7. The molecule has 22 heavy (non-hydrogen) atoms. The van der Waals surface area contributed by atoms with E-state index >= 15 is 0 Å². The van der Waals surface area contributed by atoms with Crippen molar-refractivity contribution < 1.29 is 14.7 Å². The Balaban J connectivity index is 2.07. The van der Waals surface area contributed by atoms with Crippen LogP contribution in [0.25, 0.3) is 0 Å². The summed E-state index contributed by atoms with van der Waals surface area (Å²) in [7, 11) is 0. The molecule has 1 aromatic rings. The van der Waals surface area contributed by atoms with Crippen LogP contribution >= 0.6 is 0 Å². The minimum Gasteiger partial charge on any atom is -0.550 e. The summed E-state index contributed by atoms with van der Waals surface area (Å²) >= 11 is 0. The average Bonchev–Trinajstić information content (AvgIpc) is 2.85. The SMILES string of the molecule is CC(C)c1ccccc1NC(=O)CC1(CC(=O)[O-])CCCC1. The van der Waals surface area contributed by atoms with Gasteiger partial charge in [-0.3, -0.25) is 4.79 Å². The van der Waals surface area contributed by atoms with Gasteiger partial charge in [-0.2, -0.15) is 0 Å². The lowest BCUT2D eigenvalue weighted by atomic mass is 9.79. The molecule has 1 saturated carbocycles. The first kappa shape index (κ1) is 16.5. The average molecular weight is 302 g/mol. The molecule has 0 aromatic heterocycles. The fourth-order valence-electron chi connectivity index (χ4n) is 3.50. The van der Waals surface area contributed by atoms with Gasteiger partial charge in [-0.25, -0.2) is 0 Å². The largest absolute Gasteiger partial charge is 0.550 e. The van der Waals surface area contributed by atoms with Crippen LogP contribution in [0, 0.1) is 5.41 Å². The van der Waals surface area contributed by atoms with Crippen molar-refractivity contribution in [3.63, 3.8) is 0 Å². The molecule has 0 unspecified atom stereocenters. The molecular weight excluding hydrogens is 278 g/mol. The van der Waals surface area contributed by atoms with Crippen molar-refractivity contribution in [2.45, 2.75) is 58.3 Å². The Hall–Kier alpha value is -1.84. The van der Waals surface area contributed by atoms with E-state index in [4.69, 9.17) is 0 Å².